The number of carbonyl (C=O) groups is 1. The zero-order valence-corrected chi connectivity index (χ0v) is 14.7. The van der Waals surface area contributed by atoms with Gasteiger partial charge in [-0.15, -0.1) is 11.8 Å². The van der Waals surface area contributed by atoms with Gasteiger partial charge < -0.3 is 9.73 Å². The first-order chi connectivity index (χ1) is 12.8. The molecule has 0 unspecified atom stereocenters. The van der Waals surface area contributed by atoms with E-state index < -0.39 is 0 Å². The van der Waals surface area contributed by atoms with E-state index in [2.05, 4.69) is 34.6 Å². The fourth-order valence-corrected chi connectivity index (χ4v) is 3.46. The molecule has 1 heterocycles. The number of benzene rings is 3. The molecule has 0 aliphatic carbocycles. The number of hydrogen-bond donors (Lipinski definition) is 1. The number of fused-ring (bicyclic) bond motifs is 1. The monoisotopic (exact) mass is 360 g/mol. The molecule has 0 aliphatic rings. The van der Waals surface area contributed by atoms with Crippen molar-refractivity contribution in [3.8, 4) is 11.3 Å². The standard InChI is InChI=1S/C21H16N2O2S/c24-21(13-26-19-9-8-15-4-1-2-5-16(15)11-19)23-18-7-3-6-17(10-18)20-12-22-14-25-20/h1-12,14H,13H2,(H,23,24). The SMILES string of the molecule is O=C(CSc1ccc2ccccc2c1)Nc1cccc(-c2cnco2)c1. The second-order valence-electron chi connectivity index (χ2n) is 5.79. The first kappa shape index (κ1) is 16.4. The largest absolute Gasteiger partial charge is 0.444 e. The van der Waals surface area contributed by atoms with E-state index in [0.717, 1.165) is 16.1 Å². The first-order valence-corrected chi connectivity index (χ1v) is 9.17. The van der Waals surface area contributed by atoms with Gasteiger partial charge >= 0.3 is 0 Å². The minimum absolute atomic E-state index is 0.0436. The number of thioether (sulfide) groups is 1. The van der Waals surface area contributed by atoms with Crippen molar-refractivity contribution in [3.05, 3.63) is 79.3 Å². The maximum Gasteiger partial charge on any atom is 0.234 e. The smallest absolute Gasteiger partial charge is 0.234 e. The summed E-state index contributed by atoms with van der Waals surface area (Å²) >= 11 is 1.52. The molecule has 0 saturated heterocycles. The quantitative estimate of drug-likeness (QED) is 0.495. The van der Waals surface area contributed by atoms with Crippen LogP contribution in [0.25, 0.3) is 22.1 Å². The molecule has 0 radical (unpaired) electrons. The third-order valence-corrected chi connectivity index (χ3v) is 4.95. The van der Waals surface area contributed by atoms with Crippen LogP contribution in [0.2, 0.25) is 0 Å². The van der Waals surface area contributed by atoms with Crippen molar-refractivity contribution in [2.75, 3.05) is 11.1 Å². The summed E-state index contributed by atoms with van der Waals surface area (Å²) in [6, 6.07) is 22.0. The Morgan fingerprint density at radius 3 is 2.73 bits per heavy atom. The molecule has 0 saturated carbocycles. The Morgan fingerprint density at radius 2 is 1.88 bits per heavy atom. The second kappa shape index (κ2) is 7.45. The second-order valence-corrected chi connectivity index (χ2v) is 6.84. The van der Waals surface area contributed by atoms with Crippen molar-refractivity contribution in [1.29, 1.82) is 0 Å². The molecule has 0 atom stereocenters. The van der Waals surface area contributed by atoms with Gasteiger partial charge in [-0.3, -0.25) is 4.79 Å². The predicted molar refractivity (Wildman–Crippen MR) is 105 cm³/mol. The molecule has 1 amide bonds. The number of nitrogens with zero attached hydrogens (tertiary/aromatic N) is 1. The van der Waals surface area contributed by atoms with E-state index in [1.807, 2.05) is 42.5 Å². The van der Waals surface area contributed by atoms with Crippen LogP contribution in [0.15, 0.2) is 88.6 Å². The summed E-state index contributed by atoms with van der Waals surface area (Å²) in [7, 11) is 0. The van der Waals surface area contributed by atoms with Crippen molar-refractivity contribution < 1.29 is 9.21 Å². The Labute approximate surface area is 155 Å². The van der Waals surface area contributed by atoms with Crippen LogP contribution in [-0.4, -0.2) is 16.6 Å². The average molecular weight is 360 g/mol. The Bertz CT molecular complexity index is 1040. The molecular weight excluding hydrogens is 344 g/mol. The van der Waals surface area contributed by atoms with Crippen molar-refractivity contribution >= 4 is 34.1 Å². The normalized spacial score (nSPS) is 10.8. The number of nitrogens with one attached hydrogen (secondary N) is 1. The number of amides is 1. The van der Waals surface area contributed by atoms with Crippen molar-refractivity contribution in [1.82, 2.24) is 4.98 Å². The Balaban J connectivity index is 1.40. The summed E-state index contributed by atoms with van der Waals surface area (Å²) in [5.74, 6) is 0.981. The van der Waals surface area contributed by atoms with Crippen molar-refractivity contribution in [2.24, 2.45) is 0 Å². The van der Waals surface area contributed by atoms with Crippen LogP contribution >= 0.6 is 11.8 Å². The molecule has 0 spiro atoms. The molecule has 26 heavy (non-hydrogen) atoms. The van der Waals surface area contributed by atoms with Gasteiger partial charge in [-0.05, 0) is 35.0 Å². The summed E-state index contributed by atoms with van der Waals surface area (Å²) in [5.41, 5.74) is 1.62. The van der Waals surface area contributed by atoms with Gasteiger partial charge in [0, 0.05) is 16.1 Å². The number of aromatic nitrogens is 1. The van der Waals surface area contributed by atoms with Crippen LogP contribution in [0.3, 0.4) is 0 Å². The lowest BCUT2D eigenvalue weighted by atomic mass is 10.1. The van der Waals surface area contributed by atoms with E-state index in [9.17, 15) is 4.79 Å². The summed E-state index contributed by atoms with van der Waals surface area (Å²) in [5, 5.41) is 5.31. The number of rotatable bonds is 5. The molecule has 128 valence electrons. The Hall–Kier alpha value is -3.05. The van der Waals surface area contributed by atoms with Crippen LogP contribution in [-0.2, 0) is 4.79 Å². The molecule has 0 bridgehead atoms. The highest BCUT2D eigenvalue weighted by Gasteiger charge is 2.07. The summed E-state index contributed by atoms with van der Waals surface area (Å²) in [4.78, 5) is 17.3. The topological polar surface area (TPSA) is 55.1 Å². The average Bonchev–Trinajstić information content (AvgIpc) is 3.21. The Morgan fingerprint density at radius 1 is 1.00 bits per heavy atom. The van der Waals surface area contributed by atoms with Gasteiger partial charge in [0.25, 0.3) is 0 Å². The minimum Gasteiger partial charge on any atom is -0.444 e. The molecular formula is C21H16N2O2S. The zero-order chi connectivity index (χ0) is 17.8. The molecule has 4 rings (SSSR count). The van der Waals surface area contributed by atoms with Crippen LogP contribution in [0.1, 0.15) is 0 Å². The van der Waals surface area contributed by atoms with E-state index >= 15 is 0 Å². The minimum atomic E-state index is -0.0436. The lowest BCUT2D eigenvalue weighted by Crippen LogP contribution is -2.13. The summed E-state index contributed by atoms with van der Waals surface area (Å²) in [6.45, 7) is 0. The lowest BCUT2D eigenvalue weighted by molar-refractivity contribution is -0.113. The number of hydrogen-bond acceptors (Lipinski definition) is 4. The summed E-state index contributed by atoms with van der Waals surface area (Å²) < 4.78 is 5.29. The van der Waals surface area contributed by atoms with Gasteiger partial charge in [0.15, 0.2) is 12.2 Å². The molecule has 1 aromatic heterocycles. The van der Waals surface area contributed by atoms with Gasteiger partial charge in [-0.2, -0.15) is 0 Å². The Kier molecular flexibility index (Phi) is 4.71. The van der Waals surface area contributed by atoms with Crippen LogP contribution < -0.4 is 5.32 Å². The van der Waals surface area contributed by atoms with E-state index in [0.29, 0.717) is 11.5 Å². The number of carbonyl (C=O) groups excluding carboxylic acids is 1. The number of oxazole rings is 1. The fourth-order valence-electron chi connectivity index (χ4n) is 2.71. The third kappa shape index (κ3) is 3.78. The molecule has 4 nitrogen and oxygen atoms in total. The van der Waals surface area contributed by atoms with E-state index in [1.54, 1.807) is 6.20 Å². The van der Waals surface area contributed by atoms with Gasteiger partial charge in [0.1, 0.15) is 0 Å². The maximum absolute atomic E-state index is 12.3. The van der Waals surface area contributed by atoms with Gasteiger partial charge in [0.2, 0.25) is 5.91 Å². The van der Waals surface area contributed by atoms with Gasteiger partial charge in [-0.25, -0.2) is 4.98 Å². The molecule has 4 aromatic rings. The van der Waals surface area contributed by atoms with E-state index in [4.69, 9.17) is 4.42 Å². The lowest BCUT2D eigenvalue weighted by Gasteiger charge is -2.07. The molecule has 5 heteroatoms. The molecule has 3 aromatic carbocycles. The van der Waals surface area contributed by atoms with Crippen LogP contribution in [0, 0.1) is 0 Å². The van der Waals surface area contributed by atoms with Crippen molar-refractivity contribution in [2.45, 2.75) is 4.90 Å². The predicted octanol–water partition coefficient (Wildman–Crippen LogP) is 5.23. The maximum atomic E-state index is 12.3. The van der Waals surface area contributed by atoms with E-state index in [1.165, 1.54) is 28.9 Å². The molecule has 0 aliphatic heterocycles. The first-order valence-electron chi connectivity index (χ1n) is 8.18. The fraction of sp³-hybridized carbons (Fsp3) is 0.0476. The van der Waals surface area contributed by atoms with Gasteiger partial charge in [0.05, 0.1) is 11.9 Å². The van der Waals surface area contributed by atoms with Crippen LogP contribution in [0.4, 0.5) is 5.69 Å². The van der Waals surface area contributed by atoms with Crippen LogP contribution in [0.5, 0.6) is 0 Å². The van der Waals surface area contributed by atoms with E-state index in [-0.39, 0.29) is 5.91 Å². The highest BCUT2D eigenvalue weighted by Crippen LogP contribution is 2.25. The summed E-state index contributed by atoms with van der Waals surface area (Å²) in [6.07, 6.45) is 3.04. The number of anilines is 1. The van der Waals surface area contributed by atoms with Crippen molar-refractivity contribution in [3.63, 3.8) is 0 Å². The van der Waals surface area contributed by atoms with Gasteiger partial charge in [-0.1, -0.05) is 42.5 Å². The molecule has 0 fully saturated rings. The third-order valence-electron chi connectivity index (χ3n) is 3.95. The zero-order valence-electron chi connectivity index (χ0n) is 13.9. The highest BCUT2D eigenvalue weighted by molar-refractivity contribution is 8.00. The molecule has 1 N–H and O–H groups in total. The highest BCUT2D eigenvalue weighted by atomic mass is 32.2.